The van der Waals surface area contributed by atoms with Gasteiger partial charge in [-0.15, -0.1) is 0 Å². The van der Waals surface area contributed by atoms with Crippen LogP contribution in [-0.4, -0.2) is 76.6 Å². The van der Waals surface area contributed by atoms with E-state index in [2.05, 4.69) is 10.2 Å². The summed E-state index contributed by atoms with van der Waals surface area (Å²) in [7, 11) is 0. The summed E-state index contributed by atoms with van der Waals surface area (Å²) in [5, 5.41) is 2.93. The summed E-state index contributed by atoms with van der Waals surface area (Å²) in [5.74, 6) is -0.504. The first-order valence-electron chi connectivity index (χ1n) is 12.7. The average Bonchev–Trinajstić information content (AvgIpc) is 2.82. The molecule has 2 aliphatic heterocycles. The number of benzene rings is 2. The van der Waals surface area contributed by atoms with Crippen LogP contribution in [0.3, 0.4) is 0 Å². The Labute approximate surface area is 232 Å². The lowest BCUT2D eigenvalue weighted by Gasteiger charge is -2.52. The summed E-state index contributed by atoms with van der Waals surface area (Å²) >= 11 is 6.05. The van der Waals surface area contributed by atoms with Gasteiger partial charge in [-0.05, 0) is 62.2 Å². The maximum atomic E-state index is 13.5. The molecular weight excluding hydrogens is 525 g/mol. The molecule has 39 heavy (non-hydrogen) atoms. The van der Waals surface area contributed by atoms with E-state index in [0.29, 0.717) is 49.0 Å². The third-order valence-electron chi connectivity index (χ3n) is 6.49. The van der Waals surface area contributed by atoms with Gasteiger partial charge in [-0.2, -0.15) is 0 Å². The average molecular weight is 558 g/mol. The molecule has 2 aromatic carbocycles. The number of hydrogen-bond acceptors (Lipinski definition) is 5. The van der Waals surface area contributed by atoms with E-state index in [9.17, 15) is 18.8 Å². The largest absolute Gasteiger partial charge is 0.444 e. The van der Waals surface area contributed by atoms with Crippen LogP contribution in [0.25, 0.3) is 6.08 Å². The first-order chi connectivity index (χ1) is 18.4. The molecule has 2 bridgehead atoms. The number of fused-ring (bicyclic) bond motifs is 2. The van der Waals surface area contributed by atoms with E-state index in [1.165, 1.54) is 18.2 Å². The highest BCUT2D eigenvalue weighted by Crippen LogP contribution is 2.27. The molecule has 2 saturated heterocycles. The summed E-state index contributed by atoms with van der Waals surface area (Å²) in [6, 6.07) is 9.96. The minimum absolute atomic E-state index is 0.213. The van der Waals surface area contributed by atoms with Crippen LogP contribution in [0.2, 0.25) is 5.02 Å². The molecule has 2 heterocycles. The third kappa shape index (κ3) is 7.48. The van der Waals surface area contributed by atoms with Crippen molar-refractivity contribution in [1.82, 2.24) is 14.7 Å². The highest BCUT2D eigenvalue weighted by Gasteiger charge is 2.44. The topological polar surface area (TPSA) is 108 Å². The molecule has 4 rings (SSSR count). The molecule has 4 amide bonds. The van der Waals surface area contributed by atoms with Gasteiger partial charge in [-0.3, -0.25) is 9.69 Å². The zero-order valence-corrected chi connectivity index (χ0v) is 23.0. The van der Waals surface area contributed by atoms with Crippen molar-refractivity contribution >= 4 is 41.4 Å². The van der Waals surface area contributed by atoms with Crippen LogP contribution >= 0.6 is 11.6 Å². The Morgan fingerprint density at radius 2 is 1.72 bits per heavy atom. The van der Waals surface area contributed by atoms with Crippen molar-refractivity contribution in [2.45, 2.75) is 45.0 Å². The van der Waals surface area contributed by atoms with E-state index >= 15 is 0 Å². The minimum Gasteiger partial charge on any atom is -0.444 e. The van der Waals surface area contributed by atoms with Gasteiger partial charge in [-0.25, -0.2) is 14.0 Å². The van der Waals surface area contributed by atoms with Crippen LogP contribution < -0.4 is 11.1 Å². The fourth-order valence-electron chi connectivity index (χ4n) is 4.99. The number of hydrogen-bond donors (Lipinski definition) is 2. The van der Waals surface area contributed by atoms with E-state index in [-0.39, 0.29) is 23.8 Å². The fraction of sp³-hybridized carbons (Fsp3) is 0.393. The van der Waals surface area contributed by atoms with Crippen molar-refractivity contribution in [2.24, 2.45) is 5.73 Å². The number of urea groups is 1. The Hall–Kier alpha value is -3.63. The number of carbonyl (C=O) groups is 3. The summed E-state index contributed by atoms with van der Waals surface area (Å²) < 4.78 is 19.0. The van der Waals surface area contributed by atoms with E-state index < -0.39 is 17.7 Å². The zero-order chi connectivity index (χ0) is 28.3. The fourth-order valence-corrected chi connectivity index (χ4v) is 5.17. The summed E-state index contributed by atoms with van der Waals surface area (Å²) in [5.41, 5.74) is 6.57. The lowest BCUT2D eigenvalue weighted by Crippen LogP contribution is -2.70. The zero-order valence-electron chi connectivity index (χ0n) is 22.2. The molecule has 3 N–H and O–H groups in total. The first-order valence-corrected chi connectivity index (χ1v) is 13.1. The Bertz CT molecular complexity index is 1250. The Morgan fingerprint density at radius 3 is 2.31 bits per heavy atom. The van der Waals surface area contributed by atoms with Crippen LogP contribution in [0.15, 0.2) is 48.5 Å². The van der Waals surface area contributed by atoms with Crippen LogP contribution in [-0.2, 0) is 16.1 Å². The quantitative estimate of drug-likeness (QED) is 0.532. The molecule has 0 spiro atoms. The Kier molecular flexibility index (Phi) is 8.46. The number of nitrogens with two attached hydrogens (primary N) is 1. The van der Waals surface area contributed by atoms with Gasteiger partial charge < -0.3 is 25.6 Å². The van der Waals surface area contributed by atoms with E-state index in [1.54, 1.807) is 41.3 Å². The number of rotatable bonds is 5. The molecule has 208 valence electrons. The number of amides is 4. The number of nitrogens with one attached hydrogen (secondary N) is 1. The SMILES string of the molecule is CC(C)(C)OC(=O)N1CC2CN(Cc3ccc(F)cc3)CC(C1)N2C(=O)C=Cc1ccc(Cl)cc1NC(N)=O. The van der Waals surface area contributed by atoms with E-state index in [1.807, 2.05) is 25.7 Å². The van der Waals surface area contributed by atoms with Crippen molar-refractivity contribution in [3.63, 3.8) is 0 Å². The van der Waals surface area contributed by atoms with Gasteiger partial charge in [0.25, 0.3) is 0 Å². The monoisotopic (exact) mass is 557 g/mol. The summed E-state index contributed by atoms with van der Waals surface area (Å²) in [6.45, 7) is 7.76. The highest BCUT2D eigenvalue weighted by atomic mass is 35.5. The Morgan fingerprint density at radius 1 is 1.08 bits per heavy atom. The summed E-state index contributed by atoms with van der Waals surface area (Å²) in [6.07, 6.45) is 2.65. The first kappa shape index (κ1) is 28.4. The smallest absolute Gasteiger partial charge is 0.410 e. The number of primary amides is 1. The molecule has 0 aliphatic carbocycles. The minimum atomic E-state index is -0.743. The molecule has 2 fully saturated rings. The predicted molar refractivity (Wildman–Crippen MR) is 148 cm³/mol. The summed E-state index contributed by atoms with van der Waals surface area (Å²) in [4.78, 5) is 43.5. The van der Waals surface area contributed by atoms with Crippen LogP contribution in [0.4, 0.5) is 19.7 Å². The molecule has 0 saturated carbocycles. The normalized spacial score (nSPS) is 19.7. The van der Waals surface area contributed by atoms with Gasteiger partial charge >= 0.3 is 12.1 Å². The molecule has 2 atom stereocenters. The number of halogens is 2. The predicted octanol–water partition coefficient (Wildman–Crippen LogP) is 4.32. The second-order valence-electron chi connectivity index (χ2n) is 10.8. The molecular formula is C28H33ClFN5O4. The van der Waals surface area contributed by atoms with Crippen molar-refractivity contribution in [3.8, 4) is 0 Å². The van der Waals surface area contributed by atoms with Gasteiger partial charge in [0.15, 0.2) is 0 Å². The maximum absolute atomic E-state index is 13.5. The molecule has 0 aromatic heterocycles. The number of nitrogens with zero attached hydrogens (tertiary/aromatic N) is 3. The highest BCUT2D eigenvalue weighted by molar-refractivity contribution is 6.31. The van der Waals surface area contributed by atoms with Gasteiger partial charge in [0.1, 0.15) is 11.4 Å². The van der Waals surface area contributed by atoms with Gasteiger partial charge in [0.05, 0.1) is 17.8 Å². The molecule has 0 radical (unpaired) electrons. The number of piperazine rings is 2. The molecule has 2 aromatic rings. The standard InChI is InChI=1S/C28H33ClFN5O4/c1-28(2,3)39-27(38)34-16-22-14-33(13-18-4-9-21(30)10-5-18)15-23(17-34)35(22)25(36)11-7-19-6-8-20(29)12-24(19)32-26(31)37/h4-12,22-23H,13-17H2,1-3H3,(H3,31,32,37). The van der Waals surface area contributed by atoms with Crippen molar-refractivity contribution in [3.05, 3.63) is 70.5 Å². The van der Waals surface area contributed by atoms with Crippen LogP contribution in [0.5, 0.6) is 0 Å². The number of anilines is 1. The number of ether oxygens (including phenoxy) is 1. The Balaban J connectivity index is 1.54. The number of carbonyl (C=O) groups excluding carboxylic acids is 3. The molecule has 9 nitrogen and oxygen atoms in total. The van der Waals surface area contributed by atoms with E-state index in [4.69, 9.17) is 22.1 Å². The van der Waals surface area contributed by atoms with Gasteiger partial charge in [0.2, 0.25) is 5.91 Å². The lowest BCUT2D eigenvalue weighted by atomic mass is 9.99. The maximum Gasteiger partial charge on any atom is 0.410 e. The third-order valence-corrected chi connectivity index (χ3v) is 6.73. The van der Waals surface area contributed by atoms with Crippen LogP contribution in [0, 0.1) is 5.82 Å². The molecule has 2 unspecified atom stereocenters. The lowest BCUT2D eigenvalue weighted by molar-refractivity contribution is -0.140. The van der Waals surface area contributed by atoms with Gasteiger partial charge in [-0.1, -0.05) is 29.8 Å². The van der Waals surface area contributed by atoms with Gasteiger partial charge in [0, 0.05) is 43.8 Å². The molecule has 2 aliphatic rings. The van der Waals surface area contributed by atoms with Crippen LogP contribution in [0.1, 0.15) is 31.9 Å². The molecule has 11 heteroatoms. The second-order valence-corrected chi connectivity index (χ2v) is 11.2. The van der Waals surface area contributed by atoms with Crippen molar-refractivity contribution < 1.29 is 23.5 Å². The van der Waals surface area contributed by atoms with Crippen molar-refractivity contribution in [2.75, 3.05) is 31.5 Å². The van der Waals surface area contributed by atoms with Crippen molar-refractivity contribution in [1.29, 1.82) is 0 Å². The second kappa shape index (κ2) is 11.6. The van der Waals surface area contributed by atoms with E-state index in [0.717, 1.165) is 5.56 Å².